The van der Waals surface area contributed by atoms with Crippen molar-refractivity contribution < 1.29 is 0 Å². The molecule has 2 nitrogen and oxygen atoms in total. The molecular weight excluding hydrogens is 212 g/mol. The van der Waals surface area contributed by atoms with Crippen LogP contribution >= 0.6 is 23.1 Å². The second-order valence-corrected chi connectivity index (χ2v) is 4.58. The predicted molar refractivity (Wildman–Crippen MR) is 62.7 cm³/mol. The minimum Gasteiger partial charge on any atom is -0.397 e. The van der Waals surface area contributed by atoms with Crippen LogP contribution < -0.4 is 5.73 Å². The van der Waals surface area contributed by atoms with Gasteiger partial charge in [-0.25, -0.2) is 0 Å². The van der Waals surface area contributed by atoms with Gasteiger partial charge in [-0.2, -0.15) is 5.26 Å². The van der Waals surface area contributed by atoms with Gasteiger partial charge in [0.1, 0.15) is 6.07 Å². The zero-order valence-electron chi connectivity index (χ0n) is 7.57. The van der Waals surface area contributed by atoms with E-state index in [-0.39, 0.29) is 0 Å². The molecule has 0 fully saturated rings. The Kier molecular flexibility index (Phi) is 2.36. The van der Waals surface area contributed by atoms with Crippen molar-refractivity contribution in [2.75, 3.05) is 12.0 Å². The van der Waals surface area contributed by atoms with Gasteiger partial charge in [0.05, 0.1) is 11.3 Å². The number of thiophene rings is 1. The predicted octanol–water partition coefficient (Wildman–Crippen LogP) is 3.08. The van der Waals surface area contributed by atoms with Crippen LogP contribution in [0.2, 0.25) is 0 Å². The summed E-state index contributed by atoms with van der Waals surface area (Å²) in [5.41, 5.74) is 7.07. The van der Waals surface area contributed by atoms with Crippen LogP contribution in [0, 0.1) is 11.3 Å². The lowest BCUT2D eigenvalue weighted by atomic mass is 10.1. The van der Waals surface area contributed by atoms with E-state index in [1.807, 2.05) is 23.8 Å². The fourth-order valence-electron chi connectivity index (χ4n) is 1.41. The van der Waals surface area contributed by atoms with Gasteiger partial charge in [0.15, 0.2) is 0 Å². The van der Waals surface area contributed by atoms with E-state index >= 15 is 0 Å². The minimum absolute atomic E-state index is 0.573. The molecule has 2 rings (SSSR count). The third-order valence-corrected chi connectivity index (χ3v) is 3.79. The van der Waals surface area contributed by atoms with Crippen LogP contribution in [0.1, 0.15) is 5.56 Å². The summed E-state index contributed by atoms with van der Waals surface area (Å²) in [4.78, 5) is 1.01. The van der Waals surface area contributed by atoms with Gasteiger partial charge in [-0.3, -0.25) is 0 Å². The third kappa shape index (κ3) is 1.26. The molecule has 0 spiro atoms. The quantitative estimate of drug-likeness (QED) is 0.593. The highest BCUT2D eigenvalue weighted by atomic mass is 32.2. The Balaban J connectivity index is 2.89. The summed E-state index contributed by atoms with van der Waals surface area (Å²) >= 11 is 3.22. The number of nitriles is 1. The molecule has 1 heterocycles. The van der Waals surface area contributed by atoms with Gasteiger partial charge in [0, 0.05) is 15.0 Å². The zero-order chi connectivity index (χ0) is 10.1. The zero-order valence-corrected chi connectivity index (χ0v) is 9.21. The SMILES string of the molecule is CSc1c(N)c(C#N)cc2sccc12. The first-order valence-corrected chi connectivity index (χ1v) is 6.12. The van der Waals surface area contributed by atoms with Crippen LogP contribution in [0.25, 0.3) is 10.1 Å². The molecule has 70 valence electrons. The maximum atomic E-state index is 8.90. The summed E-state index contributed by atoms with van der Waals surface area (Å²) in [5.74, 6) is 0. The molecule has 4 heteroatoms. The molecule has 2 N–H and O–H groups in total. The molecule has 0 aliphatic heterocycles. The van der Waals surface area contributed by atoms with Crippen LogP contribution in [0.3, 0.4) is 0 Å². The van der Waals surface area contributed by atoms with E-state index in [4.69, 9.17) is 11.0 Å². The molecule has 0 atom stereocenters. The summed E-state index contributed by atoms with van der Waals surface area (Å²) in [6.07, 6.45) is 1.98. The van der Waals surface area contributed by atoms with Crippen molar-refractivity contribution >= 4 is 38.9 Å². The van der Waals surface area contributed by atoms with Gasteiger partial charge in [0.25, 0.3) is 0 Å². The molecule has 0 amide bonds. The lowest BCUT2D eigenvalue weighted by Crippen LogP contribution is -1.93. The highest BCUT2D eigenvalue weighted by Gasteiger charge is 2.10. The van der Waals surface area contributed by atoms with E-state index in [9.17, 15) is 0 Å². The first kappa shape index (κ1) is 9.38. The fraction of sp³-hybridized carbons (Fsp3) is 0.100. The monoisotopic (exact) mass is 220 g/mol. The average molecular weight is 220 g/mol. The van der Waals surface area contributed by atoms with Crippen LogP contribution in [0.15, 0.2) is 22.4 Å². The fourth-order valence-corrected chi connectivity index (χ4v) is 3.04. The standard InChI is InChI=1S/C10H8N2S2/c1-13-10-7-2-3-14-8(7)4-6(5-11)9(10)12/h2-4H,12H2,1H3. The molecule has 0 unspecified atom stereocenters. The summed E-state index contributed by atoms with van der Waals surface area (Å²) < 4.78 is 1.13. The van der Waals surface area contributed by atoms with Crippen molar-refractivity contribution in [3.8, 4) is 6.07 Å². The number of nitrogens with two attached hydrogens (primary N) is 1. The van der Waals surface area contributed by atoms with Crippen molar-refractivity contribution in [1.82, 2.24) is 0 Å². The summed E-state index contributed by atoms with van der Waals surface area (Å²) in [6.45, 7) is 0. The topological polar surface area (TPSA) is 49.8 Å². The summed E-state index contributed by atoms with van der Waals surface area (Å²) in [6, 6.07) is 6.02. The number of nitrogens with zero attached hydrogens (tertiary/aromatic N) is 1. The van der Waals surface area contributed by atoms with Gasteiger partial charge in [-0.15, -0.1) is 23.1 Å². The van der Waals surface area contributed by atoms with Crippen molar-refractivity contribution in [1.29, 1.82) is 5.26 Å². The van der Waals surface area contributed by atoms with E-state index < -0.39 is 0 Å². The lowest BCUT2D eigenvalue weighted by molar-refractivity contribution is 1.46. The van der Waals surface area contributed by atoms with E-state index in [1.54, 1.807) is 23.1 Å². The van der Waals surface area contributed by atoms with Crippen LogP contribution in [-0.4, -0.2) is 6.26 Å². The van der Waals surface area contributed by atoms with Crippen LogP contribution in [0.4, 0.5) is 5.69 Å². The Morgan fingerprint density at radius 2 is 2.36 bits per heavy atom. The maximum Gasteiger partial charge on any atom is 0.101 e. The van der Waals surface area contributed by atoms with Crippen molar-refractivity contribution in [3.05, 3.63) is 23.1 Å². The number of thioether (sulfide) groups is 1. The molecule has 0 saturated carbocycles. The van der Waals surface area contributed by atoms with Crippen molar-refractivity contribution in [3.63, 3.8) is 0 Å². The van der Waals surface area contributed by atoms with E-state index in [0.717, 1.165) is 15.0 Å². The maximum absolute atomic E-state index is 8.90. The van der Waals surface area contributed by atoms with Crippen LogP contribution in [-0.2, 0) is 0 Å². The van der Waals surface area contributed by atoms with E-state index in [2.05, 4.69) is 6.07 Å². The summed E-state index contributed by atoms with van der Waals surface area (Å²) in [5, 5.41) is 12.1. The van der Waals surface area contributed by atoms with Gasteiger partial charge < -0.3 is 5.73 Å². The Labute approximate surface area is 90.3 Å². The largest absolute Gasteiger partial charge is 0.397 e. The number of hydrogen-bond donors (Lipinski definition) is 1. The number of benzene rings is 1. The van der Waals surface area contributed by atoms with Gasteiger partial charge in [0.2, 0.25) is 0 Å². The molecule has 0 aliphatic rings. The summed E-state index contributed by atoms with van der Waals surface area (Å²) in [7, 11) is 0. The highest BCUT2D eigenvalue weighted by molar-refractivity contribution is 7.99. The van der Waals surface area contributed by atoms with E-state index in [0.29, 0.717) is 11.3 Å². The second-order valence-electron chi connectivity index (χ2n) is 2.82. The van der Waals surface area contributed by atoms with Crippen molar-refractivity contribution in [2.24, 2.45) is 0 Å². The van der Waals surface area contributed by atoms with E-state index in [1.165, 1.54) is 0 Å². The Morgan fingerprint density at radius 1 is 1.57 bits per heavy atom. The van der Waals surface area contributed by atoms with Gasteiger partial charge in [-0.1, -0.05) is 0 Å². The molecule has 1 aromatic heterocycles. The lowest BCUT2D eigenvalue weighted by Gasteiger charge is -2.05. The third-order valence-electron chi connectivity index (χ3n) is 2.07. The Morgan fingerprint density at radius 3 is 3.00 bits per heavy atom. The smallest absolute Gasteiger partial charge is 0.101 e. The Bertz CT molecular complexity index is 523. The van der Waals surface area contributed by atoms with Gasteiger partial charge in [-0.05, 0) is 23.8 Å². The molecule has 0 aliphatic carbocycles. The molecule has 2 aromatic rings. The molecule has 14 heavy (non-hydrogen) atoms. The molecule has 1 aromatic carbocycles. The van der Waals surface area contributed by atoms with Crippen molar-refractivity contribution in [2.45, 2.75) is 4.90 Å². The number of fused-ring (bicyclic) bond motifs is 1. The van der Waals surface area contributed by atoms with Gasteiger partial charge >= 0.3 is 0 Å². The number of nitrogen functional groups attached to an aromatic ring is 1. The Hall–Kier alpha value is -1.18. The van der Waals surface area contributed by atoms with Crippen LogP contribution in [0.5, 0.6) is 0 Å². The number of rotatable bonds is 1. The first-order chi connectivity index (χ1) is 6.77. The normalized spacial score (nSPS) is 10.3. The number of hydrogen-bond acceptors (Lipinski definition) is 4. The molecular formula is C10H8N2S2. The highest BCUT2D eigenvalue weighted by Crippen LogP contribution is 2.36. The molecule has 0 radical (unpaired) electrons. The molecule has 0 saturated heterocycles. The second kappa shape index (κ2) is 3.52. The first-order valence-electron chi connectivity index (χ1n) is 4.01. The molecule has 0 bridgehead atoms. The average Bonchev–Trinajstić information content (AvgIpc) is 2.64. The minimum atomic E-state index is 0.573. The number of anilines is 1.